The van der Waals surface area contributed by atoms with Crippen LogP contribution in [-0.2, 0) is 14.8 Å². The van der Waals surface area contributed by atoms with Gasteiger partial charge in [-0.1, -0.05) is 19.3 Å². The van der Waals surface area contributed by atoms with Gasteiger partial charge in [0.15, 0.2) is 0 Å². The molecule has 0 spiro atoms. The zero-order chi connectivity index (χ0) is 11.9. The summed E-state index contributed by atoms with van der Waals surface area (Å²) in [4.78, 5) is 0. The maximum Gasteiger partial charge on any atom is 0.211 e. The predicted octanol–water partition coefficient (Wildman–Crippen LogP) is 1.67. The summed E-state index contributed by atoms with van der Waals surface area (Å²) in [6, 6.07) is 0. The minimum Gasteiger partial charge on any atom is -0.378 e. The van der Waals surface area contributed by atoms with E-state index in [2.05, 4.69) is 4.72 Å². The minimum absolute atomic E-state index is 0.149. The largest absolute Gasteiger partial charge is 0.378 e. The Morgan fingerprint density at radius 1 is 1.25 bits per heavy atom. The first-order valence-electron chi connectivity index (χ1n) is 6.23. The second kappa shape index (κ2) is 7.25. The molecular weight excluding hydrogens is 226 g/mol. The van der Waals surface area contributed by atoms with E-state index in [9.17, 15) is 8.42 Å². The summed E-state index contributed by atoms with van der Waals surface area (Å²) in [7, 11) is -3.03. The molecule has 0 aromatic rings. The molecule has 1 saturated carbocycles. The van der Waals surface area contributed by atoms with Crippen LogP contribution in [0.4, 0.5) is 0 Å². The molecule has 0 aromatic carbocycles. The highest BCUT2D eigenvalue weighted by atomic mass is 32.2. The van der Waals surface area contributed by atoms with Crippen LogP contribution in [0.2, 0.25) is 0 Å². The Bertz CT molecular complexity index is 271. The molecule has 0 saturated heterocycles. The third-order valence-corrected chi connectivity index (χ3v) is 4.33. The molecule has 0 amide bonds. The molecule has 0 atom stereocenters. The Kier molecular flexibility index (Phi) is 6.31. The fourth-order valence-corrected chi connectivity index (χ4v) is 2.54. The quantitative estimate of drug-likeness (QED) is 0.698. The second-order valence-corrected chi connectivity index (χ2v) is 6.38. The van der Waals surface area contributed by atoms with E-state index < -0.39 is 10.0 Å². The molecular formula is C11H23NO3S. The molecule has 5 heteroatoms. The van der Waals surface area contributed by atoms with Crippen LogP contribution in [0.5, 0.6) is 0 Å². The smallest absolute Gasteiger partial charge is 0.211 e. The molecule has 0 radical (unpaired) electrons. The first-order chi connectivity index (χ1) is 7.64. The Balaban J connectivity index is 1.99. The first kappa shape index (κ1) is 13.9. The minimum atomic E-state index is -3.03. The van der Waals surface area contributed by atoms with Gasteiger partial charge in [0.2, 0.25) is 10.0 Å². The van der Waals surface area contributed by atoms with Crippen LogP contribution in [0.15, 0.2) is 0 Å². The van der Waals surface area contributed by atoms with Gasteiger partial charge in [-0.15, -0.1) is 0 Å². The number of hydrogen-bond donors (Lipinski definition) is 1. The highest BCUT2D eigenvalue weighted by molar-refractivity contribution is 7.89. The molecule has 96 valence electrons. The van der Waals surface area contributed by atoms with E-state index in [1.165, 1.54) is 32.1 Å². The van der Waals surface area contributed by atoms with Crippen LogP contribution in [0.25, 0.3) is 0 Å². The van der Waals surface area contributed by atoms with E-state index in [-0.39, 0.29) is 5.75 Å². The molecule has 1 aliphatic rings. The van der Waals surface area contributed by atoms with Crippen molar-refractivity contribution in [2.45, 2.75) is 51.6 Å². The third-order valence-electron chi connectivity index (χ3n) is 2.93. The van der Waals surface area contributed by atoms with Gasteiger partial charge in [-0.2, -0.15) is 0 Å². The molecule has 1 rings (SSSR count). The van der Waals surface area contributed by atoms with Gasteiger partial charge in [-0.25, -0.2) is 13.1 Å². The van der Waals surface area contributed by atoms with Gasteiger partial charge in [0.25, 0.3) is 0 Å². The Morgan fingerprint density at radius 3 is 2.56 bits per heavy atom. The van der Waals surface area contributed by atoms with E-state index in [0.29, 0.717) is 19.3 Å². The average Bonchev–Trinajstić information content (AvgIpc) is 2.30. The van der Waals surface area contributed by atoms with E-state index in [1.807, 2.05) is 0 Å². The van der Waals surface area contributed by atoms with Gasteiger partial charge >= 0.3 is 0 Å². The Hall–Kier alpha value is -0.130. The molecule has 4 nitrogen and oxygen atoms in total. The van der Waals surface area contributed by atoms with E-state index in [4.69, 9.17) is 4.74 Å². The van der Waals surface area contributed by atoms with Crippen molar-refractivity contribution >= 4 is 10.0 Å². The molecule has 1 fully saturated rings. The van der Waals surface area contributed by atoms with Gasteiger partial charge in [0.05, 0.1) is 11.9 Å². The van der Waals surface area contributed by atoms with Crippen molar-refractivity contribution in [3.63, 3.8) is 0 Å². The number of ether oxygens (including phenoxy) is 1. The molecule has 1 N–H and O–H groups in total. The lowest BCUT2D eigenvalue weighted by molar-refractivity contribution is 0.0278. The van der Waals surface area contributed by atoms with Crippen molar-refractivity contribution in [2.75, 3.05) is 18.9 Å². The number of nitrogens with one attached hydrogen (secondary N) is 1. The van der Waals surface area contributed by atoms with Gasteiger partial charge in [-0.05, 0) is 26.2 Å². The van der Waals surface area contributed by atoms with Crippen LogP contribution in [0.1, 0.15) is 45.4 Å². The molecule has 16 heavy (non-hydrogen) atoms. The van der Waals surface area contributed by atoms with Crippen LogP contribution in [0.3, 0.4) is 0 Å². The Morgan fingerprint density at radius 2 is 1.94 bits per heavy atom. The van der Waals surface area contributed by atoms with Crippen LogP contribution in [-0.4, -0.2) is 33.4 Å². The van der Waals surface area contributed by atoms with Crippen molar-refractivity contribution in [1.82, 2.24) is 4.72 Å². The lowest BCUT2D eigenvalue weighted by atomic mass is 9.98. The maximum atomic E-state index is 11.1. The fraction of sp³-hybridized carbons (Fsp3) is 1.00. The summed E-state index contributed by atoms with van der Waals surface area (Å²) in [6.07, 6.45) is 7.38. The van der Waals surface area contributed by atoms with Gasteiger partial charge in [-0.3, -0.25) is 0 Å². The van der Waals surface area contributed by atoms with Crippen LogP contribution >= 0.6 is 0 Å². The summed E-state index contributed by atoms with van der Waals surface area (Å²) in [5, 5.41) is 0. The fourth-order valence-electron chi connectivity index (χ4n) is 1.88. The molecule has 0 bridgehead atoms. The Labute approximate surface area is 98.8 Å². The van der Waals surface area contributed by atoms with Gasteiger partial charge in [0.1, 0.15) is 0 Å². The number of hydrogen-bond acceptors (Lipinski definition) is 3. The van der Waals surface area contributed by atoms with Crippen LogP contribution in [0, 0.1) is 0 Å². The number of rotatable bonds is 7. The van der Waals surface area contributed by atoms with E-state index in [0.717, 1.165) is 6.42 Å². The lowest BCUT2D eigenvalue weighted by Gasteiger charge is -2.21. The molecule has 0 unspecified atom stereocenters. The van der Waals surface area contributed by atoms with E-state index >= 15 is 0 Å². The molecule has 0 aliphatic heterocycles. The summed E-state index contributed by atoms with van der Waals surface area (Å²) in [6.45, 7) is 2.79. The number of sulfonamides is 1. The molecule has 0 heterocycles. The predicted molar refractivity (Wildman–Crippen MR) is 64.9 cm³/mol. The maximum absolute atomic E-state index is 11.1. The van der Waals surface area contributed by atoms with Gasteiger partial charge in [0, 0.05) is 13.2 Å². The zero-order valence-corrected chi connectivity index (χ0v) is 10.9. The lowest BCUT2D eigenvalue weighted by Crippen LogP contribution is -2.27. The topological polar surface area (TPSA) is 55.4 Å². The average molecular weight is 249 g/mol. The normalized spacial score (nSPS) is 18.8. The summed E-state index contributed by atoms with van der Waals surface area (Å²) in [5.41, 5.74) is 0. The van der Waals surface area contributed by atoms with Crippen molar-refractivity contribution in [3.8, 4) is 0 Å². The zero-order valence-electron chi connectivity index (χ0n) is 10.1. The van der Waals surface area contributed by atoms with Gasteiger partial charge < -0.3 is 4.74 Å². The highest BCUT2D eigenvalue weighted by Crippen LogP contribution is 2.20. The SMILES string of the molecule is CCS(=O)(=O)NCCCOC1CCCCC1. The third kappa shape index (κ3) is 5.82. The van der Waals surface area contributed by atoms with Crippen molar-refractivity contribution in [1.29, 1.82) is 0 Å². The van der Waals surface area contributed by atoms with Crippen molar-refractivity contribution in [2.24, 2.45) is 0 Å². The van der Waals surface area contributed by atoms with Crippen molar-refractivity contribution in [3.05, 3.63) is 0 Å². The monoisotopic (exact) mass is 249 g/mol. The van der Waals surface area contributed by atoms with E-state index in [1.54, 1.807) is 6.92 Å². The highest BCUT2D eigenvalue weighted by Gasteiger charge is 2.13. The van der Waals surface area contributed by atoms with Crippen molar-refractivity contribution < 1.29 is 13.2 Å². The van der Waals surface area contributed by atoms with Crippen LogP contribution < -0.4 is 4.72 Å². The summed E-state index contributed by atoms with van der Waals surface area (Å²) in [5.74, 6) is 0.149. The standard InChI is InChI=1S/C11H23NO3S/c1-2-16(13,14)12-9-6-10-15-11-7-4-3-5-8-11/h11-12H,2-10H2,1H3. The molecule has 0 aromatic heterocycles. The second-order valence-electron chi connectivity index (χ2n) is 4.28. The summed E-state index contributed by atoms with van der Waals surface area (Å²) >= 11 is 0. The summed E-state index contributed by atoms with van der Waals surface area (Å²) < 4.78 is 30.5. The molecule has 1 aliphatic carbocycles. The first-order valence-corrected chi connectivity index (χ1v) is 7.88.